The first kappa shape index (κ1) is 49.6. The van der Waals surface area contributed by atoms with Crippen molar-refractivity contribution < 1.29 is 33.8 Å². The van der Waals surface area contributed by atoms with Crippen molar-refractivity contribution in [2.75, 3.05) is 65.2 Å². The van der Waals surface area contributed by atoms with Crippen molar-refractivity contribution in [2.24, 2.45) is 5.41 Å². The minimum atomic E-state index is -0.661. The minimum absolute atomic E-state index is 0.0967. The van der Waals surface area contributed by atoms with Gasteiger partial charge in [-0.05, 0) is 105 Å². The van der Waals surface area contributed by atoms with Gasteiger partial charge < -0.3 is 39.7 Å². The predicted molar refractivity (Wildman–Crippen MR) is 284 cm³/mol. The number of aliphatic hydroxyl groups excluding tert-OH is 1. The Bertz CT molecular complexity index is 3170. The highest BCUT2D eigenvalue weighted by Crippen LogP contribution is 2.42. The summed E-state index contributed by atoms with van der Waals surface area (Å²) in [7, 11) is 1.51. The number of carbonyl (C=O) groups excluding carboxylic acids is 5. The number of piperazine rings is 1. The van der Waals surface area contributed by atoms with Gasteiger partial charge in [-0.15, -0.1) is 0 Å². The molecule has 6 aliphatic rings. The first-order valence-corrected chi connectivity index (χ1v) is 26.0. The molecule has 5 amide bonds. The van der Waals surface area contributed by atoms with E-state index >= 15 is 0 Å². The number of ether oxygens (including phenoxy) is 1. The largest absolute Gasteiger partial charge is 0.478 e. The van der Waals surface area contributed by atoms with Crippen LogP contribution in [0.1, 0.15) is 96.6 Å². The van der Waals surface area contributed by atoms with E-state index in [9.17, 15) is 29.1 Å². The topological polar surface area (TPSA) is 211 Å². The molecule has 2 unspecified atom stereocenters. The van der Waals surface area contributed by atoms with Crippen molar-refractivity contribution in [1.82, 2.24) is 34.6 Å². The van der Waals surface area contributed by atoms with Crippen LogP contribution in [0, 0.1) is 5.41 Å². The summed E-state index contributed by atoms with van der Waals surface area (Å²) in [5, 5.41) is 19.7. The lowest BCUT2D eigenvalue weighted by Gasteiger charge is -2.48. The molecule has 390 valence electrons. The zero-order valence-electron chi connectivity index (χ0n) is 43.2. The van der Waals surface area contributed by atoms with Crippen molar-refractivity contribution >= 4 is 63.9 Å². The maximum atomic E-state index is 14.1. The third-order valence-electron chi connectivity index (χ3n) is 16.2. The third kappa shape index (κ3) is 9.04. The molecule has 75 heavy (non-hydrogen) atoms. The molecular weight excluding hydrogens is 953 g/mol. The second-order valence-corrected chi connectivity index (χ2v) is 21.6. The van der Waals surface area contributed by atoms with Crippen molar-refractivity contribution in [3.05, 3.63) is 107 Å². The summed E-state index contributed by atoms with van der Waals surface area (Å²) in [6.07, 6.45) is 8.71. The molecule has 1 aliphatic carbocycles. The number of nitrogens with one attached hydrogen (secondary N) is 3. The molecule has 0 radical (unpaired) electrons. The fraction of sp³-hybridized carbons (Fsp3) is 0.429. The molecule has 3 saturated heterocycles. The van der Waals surface area contributed by atoms with Gasteiger partial charge in [0.15, 0.2) is 5.82 Å². The Morgan fingerprint density at radius 2 is 1.75 bits per heavy atom. The fourth-order valence-electron chi connectivity index (χ4n) is 12.6. The Kier molecular flexibility index (Phi) is 12.9. The summed E-state index contributed by atoms with van der Waals surface area (Å²) < 4.78 is 7.83. The number of pyridine rings is 1. The number of hydrogen-bond donors (Lipinski definition) is 4. The summed E-state index contributed by atoms with van der Waals surface area (Å²) >= 11 is 0. The van der Waals surface area contributed by atoms with Crippen LogP contribution in [0.3, 0.4) is 0 Å². The first-order valence-electron chi connectivity index (χ1n) is 26.0. The third-order valence-corrected chi connectivity index (χ3v) is 16.2. The van der Waals surface area contributed by atoms with Crippen LogP contribution in [0.5, 0.6) is 5.88 Å². The van der Waals surface area contributed by atoms with Gasteiger partial charge in [-0.1, -0.05) is 26.5 Å². The van der Waals surface area contributed by atoms with Crippen LogP contribution in [-0.4, -0.2) is 128 Å². The highest BCUT2D eigenvalue weighted by Gasteiger charge is 2.43. The zero-order valence-corrected chi connectivity index (χ0v) is 43.2. The molecule has 5 aliphatic heterocycles. The van der Waals surface area contributed by atoms with E-state index in [2.05, 4.69) is 85.5 Å². The zero-order chi connectivity index (χ0) is 52.4. The molecule has 4 N–H and O–H groups in total. The van der Waals surface area contributed by atoms with E-state index in [1.54, 1.807) is 28.3 Å². The molecular formula is C56H64N12O7. The number of fused-ring (bicyclic) bond motifs is 4. The molecule has 4 atom stereocenters. The van der Waals surface area contributed by atoms with Crippen LogP contribution in [0.2, 0.25) is 0 Å². The van der Waals surface area contributed by atoms with E-state index in [1.807, 2.05) is 36.4 Å². The molecule has 11 rings (SSSR count). The lowest BCUT2D eigenvalue weighted by atomic mass is 9.90. The van der Waals surface area contributed by atoms with Crippen LogP contribution < -0.4 is 35.4 Å². The number of imide groups is 1. The number of aromatic nitrogens is 4. The summed E-state index contributed by atoms with van der Waals surface area (Å²) in [5.74, 6) is -0.479. The molecule has 3 fully saturated rings. The van der Waals surface area contributed by atoms with Gasteiger partial charge in [0, 0.05) is 116 Å². The number of piperidine rings is 2. The number of hydrogen-bond acceptors (Lipinski definition) is 14. The second kappa shape index (κ2) is 19.6. The van der Waals surface area contributed by atoms with Crippen molar-refractivity contribution in [2.45, 2.75) is 110 Å². The van der Waals surface area contributed by atoms with E-state index in [0.29, 0.717) is 83.2 Å². The minimum Gasteiger partial charge on any atom is -0.478 e. The number of amides is 5. The molecule has 2 aromatic carbocycles. The number of carbonyl (C=O) groups is 5. The van der Waals surface area contributed by atoms with Gasteiger partial charge in [0.05, 0.1) is 37.0 Å². The number of nitrogens with zero attached hydrogens (tertiary/aromatic N) is 9. The average Bonchev–Trinajstić information content (AvgIpc) is 4.02. The van der Waals surface area contributed by atoms with Crippen molar-refractivity contribution in [3.8, 4) is 17.1 Å². The van der Waals surface area contributed by atoms with Gasteiger partial charge in [-0.3, -0.25) is 39.1 Å². The molecule has 19 heteroatoms. The van der Waals surface area contributed by atoms with Gasteiger partial charge in [0.2, 0.25) is 17.7 Å². The molecule has 5 aromatic rings. The number of methoxy groups -OCH3 is 1. The lowest BCUT2D eigenvalue weighted by molar-refractivity contribution is -0.137. The lowest BCUT2D eigenvalue weighted by Crippen LogP contribution is -2.58. The van der Waals surface area contributed by atoms with Crippen LogP contribution in [0.15, 0.2) is 73.6 Å². The maximum absolute atomic E-state index is 14.1. The van der Waals surface area contributed by atoms with E-state index in [0.717, 1.165) is 68.8 Å². The van der Waals surface area contributed by atoms with E-state index in [4.69, 9.17) is 9.72 Å². The first-order chi connectivity index (χ1) is 36.1. The maximum Gasteiger partial charge on any atom is 0.276 e. The van der Waals surface area contributed by atoms with Gasteiger partial charge in [-0.25, -0.2) is 15.0 Å². The number of rotatable bonds is 12. The Morgan fingerprint density at radius 3 is 2.51 bits per heavy atom. The number of benzene rings is 2. The van der Waals surface area contributed by atoms with Crippen LogP contribution in [0.4, 0.5) is 34.4 Å². The Labute approximate surface area is 435 Å². The summed E-state index contributed by atoms with van der Waals surface area (Å²) in [4.78, 5) is 90.1. The van der Waals surface area contributed by atoms with Gasteiger partial charge in [0.1, 0.15) is 17.6 Å². The number of anilines is 6. The molecule has 19 nitrogen and oxygen atoms in total. The average molecular weight is 1020 g/mol. The molecule has 0 spiro atoms. The van der Waals surface area contributed by atoms with Crippen molar-refractivity contribution in [3.63, 3.8) is 0 Å². The molecule has 8 heterocycles. The highest BCUT2D eigenvalue weighted by molar-refractivity contribution is 6.07. The van der Waals surface area contributed by atoms with Crippen molar-refractivity contribution in [1.29, 1.82) is 0 Å². The SMILES string of the molecule is C=CC(=O)Nc1cc(Nc2nc(-c3ccnc(N4CCn5c(cc6c5CC(C)(C)C6)C4=O)c3CO)cnc2OC)ccc1N1CCN(C2CCN(c3cccc4c3CN(C3CCC(=O)NC3=O)C4=O)[C@@H](C)C2)C[C@@H]1C. The fourth-order valence-corrected chi connectivity index (χ4v) is 12.6. The van der Waals surface area contributed by atoms with Crippen LogP contribution in [0.25, 0.3) is 11.3 Å². The van der Waals surface area contributed by atoms with Gasteiger partial charge in [0.25, 0.3) is 17.7 Å². The smallest absolute Gasteiger partial charge is 0.276 e. The van der Waals surface area contributed by atoms with Crippen LogP contribution in [-0.2, 0) is 46.9 Å². The van der Waals surface area contributed by atoms with E-state index < -0.39 is 11.9 Å². The molecule has 0 saturated carbocycles. The highest BCUT2D eigenvalue weighted by atomic mass is 16.5. The normalized spacial score (nSPS) is 22.4. The Balaban J connectivity index is 0.779. The van der Waals surface area contributed by atoms with E-state index in [-0.39, 0.29) is 60.0 Å². The second-order valence-electron chi connectivity index (χ2n) is 21.6. The molecule has 3 aromatic heterocycles. The predicted octanol–water partition coefficient (Wildman–Crippen LogP) is 5.82. The van der Waals surface area contributed by atoms with Gasteiger partial charge in [-0.2, -0.15) is 0 Å². The summed E-state index contributed by atoms with van der Waals surface area (Å²) in [6.45, 7) is 16.8. The van der Waals surface area contributed by atoms with Crippen LogP contribution >= 0.6 is 0 Å². The standard InChI is InChI=1S/C56H64N12O7/c1-7-48(70)60-41-25-35(59-50-53(75-6)58-28-42(61-50)37-15-17-57-51(40(37)31-69)67-22-21-66-46(55(67)74)24-34-26-56(4,5)27-47(34)66)11-12-44(41)65-20-19-63(29-33(65)3)36-16-18-64(32(2)23-36)43-10-8-9-38-39(43)30-68(54(38)73)45-13-14-49(71)62-52(45)72/h7-12,15,17,24-25,28,32-33,36,45,69H,1,13-14,16,18-23,26-27,29-31H2,2-6H3,(H,59,61)(H,60,70)(H,62,71,72)/t32-,33-,36?,45?/m0/s1. The monoisotopic (exact) mass is 1020 g/mol. The van der Waals surface area contributed by atoms with E-state index in [1.165, 1.54) is 24.4 Å². The quantitative estimate of drug-likeness (QED) is 0.0858. The molecule has 0 bridgehead atoms. The Hall–Kier alpha value is -7.64. The summed E-state index contributed by atoms with van der Waals surface area (Å²) in [6, 6.07) is 15.4. The number of aliphatic hydroxyl groups is 1. The Morgan fingerprint density at radius 1 is 0.920 bits per heavy atom. The van der Waals surface area contributed by atoms with Gasteiger partial charge >= 0.3 is 0 Å². The summed E-state index contributed by atoms with van der Waals surface area (Å²) in [5.41, 5.74) is 9.36.